The van der Waals surface area contributed by atoms with E-state index in [2.05, 4.69) is 43.4 Å². The van der Waals surface area contributed by atoms with Crippen molar-refractivity contribution < 1.29 is 4.74 Å². The number of hydrogen-bond acceptors (Lipinski definition) is 2. The first-order valence-corrected chi connectivity index (χ1v) is 7.75. The number of ether oxygens (including phenoxy) is 1. The molecular weight excluding hydrogens is 234 g/mol. The molecule has 104 valence electrons. The van der Waals surface area contributed by atoms with E-state index in [9.17, 15) is 0 Å². The second-order valence-electron chi connectivity index (χ2n) is 6.07. The van der Waals surface area contributed by atoms with Gasteiger partial charge in [-0.2, -0.15) is 0 Å². The van der Waals surface area contributed by atoms with Gasteiger partial charge in [0.1, 0.15) is 0 Å². The molecule has 0 aromatic heterocycles. The van der Waals surface area contributed by atoms with Crippen molar-refractivity contribution in [2.75, 3.05) is 13.1 Å². The Morgan fingerprint density at radius 2 is 1.95 bits per heavy atom. The van der Waals surface area contributed by atoms with Gasteiger partial charge in [-0.15, -0.1) is 0 Å². The molecule has 2 aliphatic rings. The van der Waals surface area contributed by atoms with Crippen LogP contribution in [0.4, 0.5) is 0 Å². The van der Waals surface area contributed by atoms with Gasteiger partial charge in [0, 0.05) is 13.1 Å². The van der Waals surface area contributed by atoms with E-state index in [1.807, 2.05) is 0 Å². The van der Waals surface area contributed by atoms with Crippen molar-refractivity contribution in [1.82, 2.24) is 5.32 Å². The zero-order valence-electron chi connectivity index (χ0n) is 12.1. The molecule has 1 N–H and O–H groups in total. The number of morpholine rings is 1. The number of hydrogen-bond donors (Lipinski definition) is 1. The molecule has 0 amide bonds. The van der Waals surface area contributed by atoms with E-state index in [0.717, 1.165) is 31.8 Å². The van der Waals surface area contributed by atoms with Gasteiger partial charge in [-0.25, -0.2) is 0 Å². The Morgan fingerprint density at radius 3 is 2.63 bits per heavy atom. The minimum atomic E-state index is 0.0263. The Kier molecular flexibility index (Phi) is 3.64. The van der Waals surface area contributed by atoms with E-state index in [4.69, 9.17) is 4.74 Å². The van der Waals surface area contributed by atoms with Gasteiger partial charge in [0.2, 0.25) is 0 Å². The normalized spacial score (nSPS) is 26.3. The molecule has 1 unspecified atom stereocenters. The highest BCUT2D eigenvalue weighted by molar-refractivity contribution is 5.30. The van der Waals surface area contributed by atoms with Crippen LogP contribution in [0.25, 0.3) is 0 Å². The maximum Gasteiger partial charge on any atom is 0.0957 e. The largest absolute Gasteiger partial charge is 0.364 e. The lowest BCUT2D eigenvalue weighted by molar-refractivity contribution is -0.122. The predicted molar refractivity (Wildman–Crippen MR) is 78.4 cm³/mol. The van der Waals surface area contributed by atoms with Crippen LogP contribution in [-0.2, 0) is 4.74 Å². The van der Waals surface area contributed by atoms with E-state index < -0.39 is 0 Å². The zero-order chi connectivity index (χ0) is 13.3. The summed E-state index contributed by atoms with van der Waals surface area (Å²) in [6, 6.07) is 9.05. The summed E-state index contributed by atoms with van der Waals surface area (Å²) in [4.78, 5) is 0. The molecule has 1 aromatic carbocycles. The third-order valence-corrected chi connectivity index (χ3v) is 4.79. The lowest BCUT2D eigenvalue weighted by Crippen LogP contribution is -2.50. The lowest BCUT2D eigenvalue weighted by atomic mass is 9.93. The van der Waals surface area contributed by atoms with Gasteiger partial charge in [-0.05, 0) is 42.7 Å². The molecule has 1 heterocycles. The summed E-state index contributed by atoms with van der Waals surface area (Å²) >= 11 is 0. The topological polar surface area (TPSA) is 21.3 Å². The van der Waals surface area contributed by atoms with Crippen molar-refractivity contribution >= 4 is 0 Å². The van der Waals surface area contributed by atoms with Crippen LogP contribution in [0.5, 0.6) is 0 Å². The summed E-state index contributed by atoms with van der Waals surface area (Å²) in [6.07, 6.45) is 5.10. The molecule has 0 spiro atoms. The van der Waals surface area contributed by atoms with Gasteiger partial charge in [-0.3, -0.25) is 0 Å². The van der Waals surface area contributed by atoms with Gasteiger partial charge in [0.05, 0.1) is 11.7 Å². The van der Waals surface area contributed by atoms with E-state index in [1.165, 1.54) is 24.0 Å². The van der Waals surface area contributed by atoms with Gasteiger partial charge in [0.15, 0.2) is 0 Å². The average molecular weight is 259 g/mol. The Hall–Kier alpha value is -0.860. The van der Waals surface area contributed by atoms with Crippen LogP contribution in [0.3, 0.4) is 0 Å². The molecule has 1 saturated carbocycles. The molecule has 1 saturated heterocycles. The molecule has 1 aromatic rings. The number of nitrogens with one attached hydrogen (secondary N) is 1. The van der Waals surface area contributed by atoms with Crippen LogP contribution >= 0.6 is 0 Å². The molecule has 19 heavy (non-hydrogen) atoms. The summed E-state index contributed by atoms with van der Waals surface area (Å²) in [5.74, 6) is 0.818. The molecule has 1 aliphatic carbocycles. The van der Waals surface area contributed by atoms with Crippen molar-refractivity contribution in [3.63, 3.8) is 0 Å². The Labute approximate surface area is 116 Å². The van der Waals surface area contributed by atoms with E-state index in [0.29, 0.717) is 0 Å². The second kappa shape index (κ2) is 5.26. The van der Waals surface area contributed by atoms with E-state index >= 15 is 0 Å². The first-order chi connectivity index (χ1) is 9.26. The highest BCUT2D eigenvalue weighted by Gasteiger charge is 2.35. The number of rotatable bonds is 4. The van der Waals surface area contributed by atoms with Crippen molar-refractivity contribution in [2.24, 2.45) is 0 Å². The fraction of sp³-hybridized carbons (Fsp3) is 0.647. The summed E-state index contributed by atoms with van der Waals surface area (Å²) in [6.45, 7) is 6.39. The monoisotopic (exact) mass is 259 g/mol. The quantitative estimate of drug-likeness (QED) is 0.888. The first kappa shape index (κ1) is 13.1. The van der Waals surface area contributed by atoms with Crippen LogP contribution < -0.4 is 5.32 Å². The molecule has 0 bridgehead atoms. The van der Waals surface area contributed by atoms with E-state index in [-0.39, 0.29) is 11.7 Å². The fourth-order valence-corrected chi connectivity index (χ4v) is 3.10. The SMILES string of the molecule is CCC1(CC)CNCC(c2cccc(C3CC3)c2)O1. The highest BCUT2D eigenvalue weighted by Crippen LogP contribution is 2.41. The van der Waals surface area contributed by atoms with Gasteiger partial charge in [0.25, 0.3) is 0 Å². The smallest absolute Gasteiger partial charge is 0.0957 e. The Bertz CT molecular complexity index is 435. The van der Waals surface area contributed by atoms with Crippen molar-refractivity contribution in [2.45, 2.75) is 57.2 Å². The zero-order valence-corrected chi connectivity index (χ0v) is 12.1. The van der Waals surface area contributed by atoms with Crippen molar-refractivity contribution in [3.05, 3.63) is 35.4 Å². The van der Waals surface area contributed by atoms with Crippen LogP contribution in [0.2, 0.25) is 0 Å². The molecule has 1 aliphatic heterocycles. The molecule has 2 nitrogen and oxygen atoms in total. The maximum absolute atomic E-state index is 6.45. The Morgan fingerprint density at radius 1 is 1.21 bits per heavy atom. The maximum atomic E-state index is 6.45. The summed E-state index contributed by atoms with van der Waals surface area (Å²) in [7, 11) is 0. The van der Waals surface area contributed by atoms with Gasteiger partial charge >= 0.3 is 0 Å². The second-order valence-corrected chi connectivity index (χ2v) is 6.07. The van der Waals surface area contributed by atoms with Gasteiger partial charge < -0.3 is 10.1 Å². The molecule has 3 rings (SSSR count). The van der Waals surface area contributed by atoms with Crippen LogP contribution in [-0.4, -0.2) is 18.7 Å². The minimum absolute atomic E-state index is 0.0263. The minimum Gasteiger partial charge on any atom is -0.364 e. The molecular formula is C17H25NO. The lowest BCUT2D eigenvalue weighted by Gasteiger charge is -2.41. The van der Waals surface area contributed by atoms with Crippen molar-refractivity contribution in [1.29, 1.82) is 0 Å². The molecule has 2 heteroatoms. The number of benzene rings is 1. The molecule has 2 fully saturated rings. The van der Waals surface area contributed by atoms with Crippen LogP contribution in [0.15, 0.2) is 24.3 Å². The summed E-state index contributed by atoms with van der Waals surface area (Å²) < 4.78 is 6.45. The first-order valence-electron chi connectivity index (χ1n) is 7.75. The summed E-state index contributed by atoms with van der Waals surface area (Å²) in [5.41, 5.74) is 2.88. The van der Waals surface area contributed by atoms with E-state index in [1.54, 1.807) is 0 Å². The highest BCUT2D eigenvalue weighted by atomic mass is 16.5. The Balaban J connectivity index is 1.79. The molecule has 0 radical (unpaired) electrons. The summed E-state index contributed by atoms with van der Waals surface area (Å²) in [5, 5.41) is 3.57. The van der Waals surface area contributed by atoms with Crippen LogP contribution in [0.1, 0.15) is 62.7 Å². The third kappa shape index (κ3) is 2.70. The van der Waals surface area contributed by atoms with Crippen LogP contribution in [0, 0.1) is 0 Å². The molecule has 1 atom stereocenters. The third-order valence-electron chi connectivity index (χ3n) is 4.79. The van der Waals surface area contributed by atoms with Crippen molar-refractivity contribution in [3.8, 4) is 0 Å². The van der Waals surface area contributed by atoms with Gasteiger partial charge in [-0.1, -0.05) is 38.1 Å². The average Bonchev–Trinajstić information content (AvgIpc) is 3.32. The standard InChI is InChI=1S/C17H25NO/c1-3-17(4-2)12-18-11-16(19-17)15-7-5-6-14(10-15)13-8-9-13/h5-7,10,13,16,18H,3-4,8-9,11-12H2,1-2H3. The predicted octanol–water partition coefficient (Wildman–Crippen LogP) is 3.78. The fourth-order valence-electron chi connectivity index (χ4n) is 3.10.